The highest BCUT2D eigenvalue weighted by atomic mass is 35.5. The fourth-order valence-electron chi connectivity index (χ4n) is 2.08. The van der Waals surface area contributed by atoms with E-state index in [1.807, 2.05) is 37.3 Å². The highest BCUT2D eigenvalue weighted by molar-refractivity contribution is 6.37. The molecule has 2 rings (SSSR count). The number of fused-ring (bicyclic) bond motifs is 1. The Morgan fingerprint density at radius 1 is 1.38 bits per heavy atom. The quantitative estimate of drug-likeness (QED) is 0.671. The number of hydrazone groups is 1. The number of amides is 2. The van der Waals surface area contributed by atoms with Gasteiger partial charge in [0.1, 0.15) is 5.75 Å². The molecule has 6 heteroatoms. The number of nitrogens with zero attached hydrogens (tertiary/aromatic N) is 1. The molecule has 110 valence electrons. The molecule has 3 N–H and O–H groups in total. The molecule has 0 heterocycles. The zero-order valence-corrected chi connectivity index (χ0v) is 12.6. The van der Waals surface area contributed by atoms with E-state index in [2.05, 4.69) is 10.5 Å². The molecule has 2 amide bonds. The predicted octanol–water partition coefficient (Wildman–Crippen LogP) is 3.28. The first-order valence-electron chi connectivity index (χ1n) is 6.45. The lowest BCUT2D eigenvalue weighted by atomic mass is 10.0. The minimum Gasteiger partial charge on any atom is -0.495 e. The van der Waals surface area contributed by atoms with Gasteiger partial charge in [0.25, 0.3) is 0 Å². The van der Waals surface area contributed by atoms with E-state index in [4.69, 9.17) is 22.1 Å². The van der Waals surface area contributed by atoms with Gasteiger partial charge in [0.2, 0.25) is 0 Å². The summed E-state index contributed by atoms with van der Waals surface area (Å²) in [5.41, 5.74) is 8.92. The summed E-state index contributed by atoms with van der Waals surface area (Å²) in [4.78, 5) is 10.8. The van der Waals surface area contributed by atoms with Crippen LogP contribution < -0.4 is 15.9 Å². The molecular weight excluding hydrogens is 290 g/mol. The molecule has 0 spiro atoms. The van der Waals surface area contributed by atoms with E-state index < -0.39 is 6.03 Å². The molecular formula is C15H16ClN3O2. The number of nitrogens with two attached hydrogens (primary N) is 1. The van der Waals surface area contributed by atoms with Crippen molar-refractivity contribution < 1.29 is 9.53 Å². The molecule has 0 aliphatic carbocycles. The standard InChI is InChI=1S/C15H16ClN3O2/c1-3-12(18-19-15(17)20)10-4-6-11-9(8-10)5-7-13(21-2)14(11)16/h4-8H,3H2,1-2H3,(H3,17,19,20)/b18-12+. The van der Waals surface area contributed by atoms with Crippen LogP contribution in [-0.4, -0.2) is 18.9 Å². The fourth-order valence-corrected chi connectivity index (χ4v) is 2.39. The average Bonchev–Trinajstić information content (AvgIpc) is 2.48. The van der Waals surface area contributed by atoms with Crippen molar-refractivity contribution in [3.05, 3.63) is 40.9 Å². The fraction of sp³-hybridized carbons (Fsp3) is 0.200. The van der Waals surface area contributed by atoms with Gasteiger partial charge in [-0.1, -0.05) is 36.7 Å². The molecule has 0 atom stereocenters. The van der Waals surface area contributed by atoms with Crippen molar-refractivity contribution in [1.29, 1.82) is 0 Å². The van der Waals surface area contributed by atoms with Crippen molar-refractivity contribution in [3.63, 3.8) is 0 Å². The van der Waals surface area contributed by atoms with Crippen LogP contribution in [0.4, 0.5) is 4.79 Å². The van der Waals surface area contributed by atoms with Crippen LogP contribution in [0.15, 0.2) is 35.4 Å². The summed E-state index contributed by atoms with van der Waals surface area (Å²) in [6, 6.07) is 8.83. The van der Waals surface area contributed by atoms with E-state index in [0.717, 1.165) is 22.0 Å². The first-order chi connectivity index (χ1) is 10.1. The lowest BCUT2D eigenvalue weighted by molar-refractivity contribution is 0.249. The molecule has 0 unspecified atom stereocenters. The third-order valence-electron chi connectivity index (χ3n) is 3.11. The maximum atomic E-state index is 10.8. The van der Waals surface area contributed by atoms with Crippen molar-refractivity contribution in [2.75, 3.05) is 7.11 Å². The number of nitrogens with one attached hydrogen (secondary N) is 1. The second kappa shape index (κ2) is 6.45. The minimum absolute atomic E-state index is 0.576. The second-order valence-electron chi connectivity index (χ2n) is 4.41. The van der Waals surface area contributed by atoms with Crippen molar-refractivity contribution in [2.45, 2.75) is 13.3 Å². The largest absolute Gasteiger partial charge is 0.495 e. The number of halogens is 1. The minimum atomic E-state index is -0.686. The summed E-state index contributed by atoms with van der Waals surface area (Å²) in [5.74, 6) is 0.636. The highest BCUT2D eigenvalue weighted by Gasteiger charge is 2.08. The van der Waals surface area contributed by atoms with E-state index in [-0.39, 0.29) is 0 Å². The molecule has 0 aliphatic rings. The maximum Gasteiger partial charge on any atom is 0.332 e. The van der Waals surface area contributed by atoms with E-state index >= 15 is 0 Å². The number of urea groups is 1. The Morgan fingerprint density at radius 2 is 2.14 bits per heavy atom. The third-order valence-corrected chi connectivity index (χ3v) is 3.50. The number of benzene rings is 2. The second-order valence-corrected chi connectivity index (χ2v) is 4.78. The molecule has 21 heavy (non-hydrogen) atoms. The van der Waals surface area contributed by atoms with E-state index in [1.165, 1.54) is 0 Å². The highest BCUT2D eigenvalue weighted by Crippen LogP contribution is 2.33. The number of ether oxygens (including phenoxy) is 1. The van der Waals surface area contributed by atoms with Gasteiger partial charge in [-0.25, -0.2) is 10.2 Å². The molecule has 0 saturated heterocycles. The molecule has 0 radical (unpaired) electrons. The van der Waals surface area contributed by atoms with Gasteiger partial charge in [-0.15, -0.1) is 0 Å². The Labute approximate surface area is 127 Å². The van der Waals surface area contributed by atoms with Gasteiger partial charge in [0.15, 0.2) is 0 Å². The average molecular weight is 306 g/mol. The van der Waals surface area contributed by atoms with Crippen molar-refractivity contribution in [3.8, 4) is 5.75 Å². The van der Waals surface area contributed by atoms with Crippen LogP contribution in [0.25, 0.3) is 10.8 Å². The third kappa shape index (κ3) is 3.25. The lowest BCUT2D eigenvalue weighted by Crippen LogP contribution is -2.25. The zero-order chi connectivity index (χ0) is 15.4. The molecule has 2 aromatic carbocycles. The predicted molar refractivity (Wildman–Crippen MR) is 85.1 cm³/mol. The molecule has 0 aliphatic heterocycles. The molecule has 0 aromatic heterocycles. The smallest absolute Gasteiger partial charge is 0.332 e. The first-order valence-corrected chi connectivity index (χ1v) is 6.83. The summed E-state index contributed by atoms with van der Waals surface area (Å²) in [5, 5.41) is 6.46. The summed E-state index contributed by atoms with van der Waals surface area (Å²) in [7, 11) is 1.58. The van der Waals surface area contributed by atoms with E-state index in [9.17, 15) is 4.79 Å². The molecule has 0 bridgehead atoms. The lowest BCUT2D eigenvalue weighted by Gasteiger charge is -2.09. The Morgan fingerprint density at radius 3 is 2.76 bits per heavy atom. The van der Waals surface area contributed by atoms with Crippen LogP contribution in [0.3, 0.4) is 0 Å². The van der Waals surface area contributed by atoms with Gasteiger partial charge in [-0.05, 0) is 29.5 Å². The number of hydrogen-bond acceptors (Lipinski definition) is 3. The monoisotopic (exact) mass is 305 g/mol. The number of methoxy groups -OCH3 is 1. The number of carbonyl (C=O) groups excluding carboxylic acids is 1. The summed E-state index contributed by atoms with van der Waals surface area (Å²) in [6.45, 7) is 1.95. The number of rotatable bonds is 4. The normalized spacial score (nSPS) is 11.5. The zero-order valence-electron chi connectivity index (χ0n) is 11.8. The van der Waals surface area contributed by atoms with Crippen LogP contribution in [0, 0.1) is 0 Å². The van der Waals surface area contributed by atoms with Gasteiger partial charge in [0, 0.05) is 5.39 Å². The Hall–Kier alpha value is -2.27. The number of primary amides is 1. The van der Waals surface area contributed by atoms with E-state index in [0.29, 0.717) is 17.2 Å². The molecule has 2 aromatic rings. The van der Waals surface area contributed by atoms with Crippen molar-refractivity contribution in [2.24, 2.45) is 10.8 Å². The molecule has 5 nitrogen and oxygen atoms in total. The Balaban J connectivity index is 2.47. The van der Waals surface area contributed by atoms with Crippen molar-refractivity contribution in [1.82, 2.24) is 5.43 Å². The van der Waals surface area contributed by atoms with Crippen LogP contribution >= 0.6 is 11.6 Å². The Bertz CT molecular complexity index is 713. The van der Waals surface area contributed by atoms with Gasteiger partial charge in [-0.2, -0.15) is 5.10 Å². The van der Waals surface area contributed by atoms with Crippen LogP contribution in [0.1, 0.15) is 18.9 Å². The molecule has 0 fully saturated rings. The molecule has 0 saturated carbocycles. The van der Waals surface area contributed by atoms with Crippen LogP contribution in [0.5, 0.6) is 5.75 Å². The Kier molecular flexibility index (Phi) is 4.65. The first kappa shape index (κ1) is 15.1. The van der Waals surface area contributed by atoms with Gasteiger partial charge < -0.3 is 10.5 Å². The van der Waals surface area contributed by atoms with E-state index in [1.54, 1.807) is 7.11 Å². The van der Waals surface area contributed by atoms with Crippen molar-refractivity contribution >= 4 is 34.1 Å². The topological polar surface area (TPSA) is 76.7 Å². The van der Waals surface area contributed by atoms with Gasteiger partial charge in [0.05, 0.1) is 17.8 Å². The summed E-state index contributed by atoms with van der Waals surface area (Å²) >= 11 is 6.28. The maximum absolute atomic E-state index is 10.8. The van der Waals surface area contributed by atoms with Crippen LogP contribution in [-0.2, 0) is 0 Å². The summed E-state index contributed by atoms with van der Waals surface area (Å²) in [6.07, 6.45) is 0.662. The van der Waals surface area contributed by atoms with Gasteiger partial charge in [-0.3, -0.25) is 0 Å². The van der Waals surface area contributed by atoms with Gasteiger partial charge >= 0.3 is 6.03 Å². The number of carbonyl (C=O) groups is 1. The summed E-state index contributed by atoms with van der Waals surface area (Å²) < 4.78 is 5.20. The van der Waals surface area contributed by atoms with Crippen LogP contribution in [0.2, 0.25) is 5.02 Å². The SMILES string of the molecule is CC/C(=N\NC(N)=O)c1ccc2c(Cl)c(OC)ccc2c1. The number of hydrogen-bond donors (Lipinski definition) is 2.